The van der Waals surface area contributed by atoms with Gasteiger partial charge in [-0.15, -0.1) is 0 Å². The highest BCUT2D eigenvalue weighted by Gasteiger charge is 2.26. The maximum absolute atomic E-state index is 6.03. The molecule has 1 N–H and O–H groups in total. The van der Waals surface area contributed by atoms with Crippen molar-refractivity contribution in [3.8, 4) is 6.01 Å². The average Bonchev–Trinajstić information content (AvgIpc) is 2.85. The first-order valence-corrected chi connectivity index (χ1v) is 6.54. The van der Waals surface area contributed by atoms with Gasteiger partial charge >= 0.3 is 6.01 Å². The van der Waals surface area contributed by atoms with Crippen molar-refractivity contribution in [1.29, 1.82) is 0 Å². The molecule has 5 nitrogen and oxygen atoms in total. The third-order valence-electron chi connectivity index (χ3n) is 3.18. The number of ether oxygens (including phenoxy) is 2. The van der Waals surface area contributed by atoms with Gasteiger partial charge in [-0.05, 0) is 12.8 Å². The van der Waals surface area contributed by atoms with E-state index >= 15 is 0 Å². The molecule has 0 aromatic carbocycles. The number of nitrogens with zero attached hydrogens (tertiary/aromatic N) is 2. The molecule has 2 atom stereocenters. The molecular weight excluding hydrogens is 254 g/mol. The summed E-state index contributed by atoms with van der Waals surface area (Å²) in [5, 5.41) is 3.75. The Labute approximate surface area is 112 Å². The van der Waals surface area contributed by atoms with E-state index in [-0.39, 0.29) is 0 Å². The van der Waals surface area contributed by atoms with Crippen LogP contribution in [0.2, 0.25) is 5.02 Å². The van der Waals surface area contributed by atoms with E-state index in [1.165, 1.54) is 13.3 Å². The summed E-state index contributed by atoms with van der Waals surface area (Å²) in [5.74, 6) is 1.12. The van der Waals surface area contributed by atoms with Gasteiger partial charge in [-0.2, -0.15) is 4.98 Å². The fourth-order valence-electron chi connectivity index (χ4n) is 2.18. The third kappa shape index (κ3) is 3.03. The fraction of sp³-hybridized carbons (Fsp3) is 0.667. The number of halogens is 1. The van der Waals surface area contributed by atoms with Crippen molar-refractivity contribution in [2.45, 2.75) is 25.9 Å². The number of methoxy groups -OCH3 is 1. The van der Waals surface area contributed by atoms with E-state index in [0.717, 1.165) is 26.0 Å². The van der Waals surface area contributed by atoms with E-state index < -0.39 is 0 Å². The molecular formula is C12H18ClN3O2. The summed E-state index contributed by atoms with van der Waals surface area (Å²) in [7, 11) is 1.53. The molecule has 1 aromatic rings. The van der Waals surface area contributed by atoms with Gasteiger partial charge in [0.05, 0.1) is 19.4 Å². The minimum atomic E-state index is 0.316. The van der Waals surface area contributed by atoms with Crippen molar-refractivity contribution in [2.75, 3.05) is 25.6 Å². The van der Waals surface area contributed by atoms with Gasteiger partial charge in [0.2, 0.25) is 0 Å². The zero-order chi connectivity index (χ0) is 13.0. The van der Waals surface area contributed by atoms with Gasteiger partial charge in [-0.1, -0.05) is 18.5 Å². The van der Waals surface area contributed by atoms with Crippen LogP contribution in [0.1, 0.15) is 19.8 Å². The molecule has 100 valence electrons. The molecule has 1 saturated heterocycles. The van der Waals surface area contributed by atoms with Crippen molar-refractivity contribution < 1.29 is 9.47 Å². The Morgan fingerprint density at radius 2 is 2.44 bits per heavy atom. The highest BCUT2D eigenvalue weighted by atomic mass is 35.5. The van der Waals surface area contributed by atoms with Crippen molar-refractivity contribution in [2.24, 2.45) is 5.92 Å². The average molecular weight is 272 g/mol. The Morgan fingerprint density at radius 3 is 3.17 bits per heavy atom. The molecule has 0 aliphatic carbocycles. The molecule has 0 bridgehead atoms. The Morgan fingerprint density at radius 1 is 1.61 bits per heavy atom. The molecule has 1 aliphatic heterocycles. The highest BCUT2D eigenvalue weighted by molar-refractivity contribution is 6.32. The highest BCUT2D eigenvalue weighted by Crippen LogP contribution is 2.25. The molecule has 2 heterocycles. The quantitative estimate of drug-likeness (QED) is 0.891. The number of hydrogen-bond donors (Lipinski definition) is 1. The Bertz CT molecular complexity index is 403. The molecule has 0 radical (unpaired) electrons. The topological polar surface area (TPSA) is 56.3 Å². The first-order valence-electron chi connectivity index (χ1n) is 6.16. The zero-order valence-corrected chi connectivity index (χ0v) is 11.4. The molecule has 1 aromatic heterocycles. The summed E-state index contributed by atoms with van der Waals surface area (Å²) in [6.07, 6.45) is 3.98. The predicted octanol–water partition coefficient (Wildman–Crippen LogP) is 2.37. The van der Waals surface area contributed by atoms with Crippen LogP contribution in [0, 0.1) is 5.92 Å². The molecule has 6 heteroatoms. The van der Waals surface area contributed by atoms with Gasteiger partial charge in [-0.3, -0.25) is 0 Å². The molecule has 0 spiro atoms. The molecule has 1 aliphatic rings. The maximum atomic E-state index is 6.03. The van der Waals surface area contributed by atoms with Crippen molar-refractivity contribution in [3.05, 3.63) is 11.2 Å². The minimum Gasteiger partial charge on any atom is -0.467 e. The second kappa shape index (κ2) is 6.20. The number of rotatable bonds is 5. The minimum absolute atomic E-state index is 0.316. The van der Waals surface area contributed by atoms with Crippen LogP contribution < -0.4 is 10.1 Å². The maximum Gasteiger partial charge on any atom is 0.318 e. The molecule has 1 fully saturated rings. The third-order valence-corrected chi connectivity index (χ3v) is 3.46. The van der Waals surface area contributed by atoms with Crippen LogP contribution in [-0.2, 0) is 4.74 Å². The monoisotopic (exact) mass is 271 g/mol. The zero-order valence-electron chi connectivity index (χ0n) is 10.6. The summed E-state index contributed by atoms with van der Waals surface area (Å²) in [4.78, 5) is 8.12. The Hall–Kier alpha value is -1.07. The van der Waals surface area contributed by atoms with Gasteiger partial charge in [0.25, 0.3) is 0 Å². The Balaban J connectivity index is 1.97. The second-order valence-electron chi connectivity index (χ2n) is 4.30. The van der Waals surface area contributed by atoms with Gasteiger partial charge in [0, 0.05) is 19.1 Å². The van der Waals surface area contributed by atoms with Crippen LogP contribution in [0.25, 0.3) is 0 Å². The summed E-state index contributed by atoms with van der Waals surface area (Å²) < 4.78 is 10.6. The number of hydrogen-bond acceptors (Lipinski definition) is 5. The van der Waals surface area contributed by atoms with Crippen LogP contribution in [0.4, 0.5) is 5.82 Å². The molecule has 2 rings (SSSR count). The van der Waals surface area contributed by atoms with Gasteiger partial charge < -0.3 is 14.8 Å². The van der Waals surface area contributed by atoms with Crippen LogP contribution in [0.3, 0.4) is 0 Å². The Kier molecular flexibility index (Phi) is 4.60. The van der Waals surface area contributed by atoms with Crippen LogP contribution in [0.15, 0.2) is 6.20 Å². The lowest BCUT2D eigenvalue weighted by atomic mass is 10.00. The normalized spacial score (nSPS) is 23.1. The van der Waals surface area contributed by atoms with E-state index in [1.54, 1.807) is 0 Å². The lowest BCUT2D eigenvalue weighted by molar-refractivity contribution is 0.0900. The first-order chi connectivity index (χ1) is 8.74. The summed E-state index contributed by atoms with van der Waals surface area (Å²) in [6.45, 7) is 3.79. The standard InChI is InChI=1S/C12H18ClN3O2/c1-3-10-8(4-5-18-10)6-14-11-9(13)7-15-12(16-11)17-2/h7-8,10H,3-6H2,1-2H3,(H,14,15,16). The largest absolute Gasteiger partial charge is 0.467 e. The van der Waals surface area contributed by atoms with Gasteiger partial charge in [-0.25, -0.2) is 4.98 Å². The first kappa shape index (κ1) is 13.4. The van der Waals surface area contributed by atoms with E-state index in [1.807, 2.05) is 0 Å². The number of aromatic nitrogens is 2. The van der Waals surface area contributed by atoms with Crippen LogP contribution >= 0.6 is 11.6 Å². The molecule has 0 saturated carbocycles. The molecule has 2 unspecified atom stereocenters. The summed E-state index contributed by atoms with van der Waals surface area (Å²) in [5.41, 5.74) is 0. The van der Waals surface area contributed by atoms with Gasteiger partial charge in [0.15, 0.2) is 5.82 Å². The van der Waals surface area contributed by atoms with Crippen molar-refractivity contribution >= 4 is 17.4 Å². The smallest absolute Gasteiger partial charge is 0.318 e. The molecule has 0 amide bonds. The summed E-state index contributed by atoms with van der Waals surface area (Å²) in [6, 6.07) is 0.316. The van der Waals surface area contributed by atoms with E-state index in [2.05, 4.69) is 22.2 Å². The lowest BCUT2D eigenvalue weighted by Crippen LogP contribution is -2.23. The van der Waals surface area contributed by atoms with E-state index in [4.69, 9.17) is 21.1 Å². The number of anilines is 1. The SMILES string of the molecule is CCC1OCCC1CNc1nc(OC)ncc1Cl. The predicted molar refractivity (Wildman–Crippen MR) is 70.2 cm³/mol. The lowest BCUT2D eigenvalue weighted by Gasteiger charge is -2.18. The number of nitrogens with one attached hydrogen (secondary N) is 1. The summed E-state index contributed by atoms with van der Waals surface area (Å²) >= 11 is 6.03. The van der Waals surface area contributed by atoms with Crippen molar-refractivity contribution in [3.63, 3.8) is 0 Å². The fourth-order valence-corrected chi connectivity index (χ4v) is 2.34. The van der Waals surface area contributed by atoms with E-state index in [0.29, 0.717) is 28.9 Å². The molecule has 18 heavy (non-hydrogen) atoms. The van der Waals surface area contributed by atoms with Crippen LogP contribution in [0.5, 0.6) is 6.01 Å². The second-order valence-corrected chi connectivity index (χ2v) is 4.71. The van der Waals surface area contributed by atoms with E-state index in [9.17, 15) is 0 Å². The van der Waals surface area contributed by atoms with Crippen molar-refractivity contribution in [1.82, 2.24) is 9.97 Å². The van der Waals surface area contributed by atoms with Crippen LogP contribution in [-0.4, -0.2) is 36.3 Å². The van der Waals surface area contributed by atoms with Gasteiger partial charge in [0.1, 0.15) is 5.02 Å².